The zero-order valence-electron chi connectivity index (χ0n) is 6.20. The van der Waals surface area contributed by atoms with E-state index >= 15 is 0 Å². The Balaban J connectivity index is 3.24. The Labute approximate surface area is 95.0 Å². The highest BCUT2D eigenvalue weighted by molar-refractivity contribution is 14.1. The van der Waals surface area contributed by atoms with Gasteiger partial charge in [0.2, 0.25) is 0 Å². The average Bonchev–Trinajstić information content (AvgIpc) is 2.02. The first-order valence-corrected chi connectivity index (χ1v) is 5.42. The molecule has 1 heterocycles. The van der Waals surface area contributed by atoms with Crippen LogP contribution in [0.2, 0.25) is 0 Å². The molecule has 0 bridgehead atoms. The maximum Gasteiger partial charge on any atom is 0.418 e. The molecule has 0 atom stereocenters. The van der Waals surface area contributed by atoms with E-state index < -0.39 is 11.7 Å². The molecule has 0 N–H and O–H groups in total. The highest BCUT2D eigenvalue weighted by atomic mass is 127. The second-order valence-electron chi connectivity index (χ2n) is 2.29. The summed E-state index contributed by atoms with van der Waals surface area (Å²) in [6, 6.07) is 0. The summed E-state index contributed by atoms with van der Waals surface area (Å²) in [6.45, 7) is 0. The van der Waals surface area contributed by atoms with Crippen LogP contribution in [-0.4, -0.2) is 4.98 Å². The maximum atomic E-state index is 12.3. The standard InChI is InChI=1S/C7H4BrF3IN/c8-1-4-2-13-3-5(6(4)12)7(9,10)11/h2-3H,1H2. The minimum absolute atomic E-state index is 0.206. The van der Waals surface area contributed by atoms with E-state index in [0.717, 1.165) is 6.20 Å². The van der Waals surface area contributed by atoms with Crippen LogP contribution in [0.4, 0.5) is 13.2 Å². The van der Waals surface area contributed by atoms with E-state index in [9.17, 15) is 13.2 Å². The first kappa shape index (κ1) is 11.2. The minimum Gasteiger partial charge on any atom is -0.264 e. The summed E-state index contributed by atoms with van der Waals surface area (Å²) in [7, 11) is 0. The number of halogens is 5. The summed E-state index contributed by atoms with van der Waals surface area (Å²) in [5.74, 6) is 0. The molecule has 0 saturated heterocycles. The number of nitrogens with zero attached hydrogens (tertiary/aromatic N) is 1. The van der Waals surface area contributed by atoms with Crippen molar-refractivity contribution in [3.8, 4) is 0 Å². The van der Waals surface area contributed by atoms with E-state index in [2.05, 4.69) is 20.9 Å². The van der Waals surface area contributed by atoms with Gasteiger partial charge >= 0.3 is 6.18 Å². The second-order valence-corrected chi connectivity index (χ2v) is 3.93. The average molecular weight is 366 g/mol. The summed E-state index contributed by atoms with van der Waals surface area (Å²) >= 11 is 4.77. The smallest absolute Gasteiger partial charge is 0.264 e. The van der Waals surface area contributed by atoms with Crippen LogP contribution in [0.1, 0.15) is 11.1 Å². The minimum atomic E-state index is -4.32. The zero-order valence-corrected chi connectivity index (χ0v) is 9.94. The molecular formula is C7H4BrF3IN. The van der Waals surface area contributed by atoms with Gasteiger partial charge in [-0.05, 0) is 28.2 Å². The normalized spacial score (nSPS) is 11.8. The first-order valence-electron chi connectivity index (χ1n) is 3.22. The van der Waals surface area contributed by atoms with Gasteiger partial charge < -0.3 is 0 Å². The Morgan fingerprint density at radius 2 is 2.00 bits per heavy atom. The van der Waals surface area contributed by atoms with Crippen molar-refractivity contribution in [2.45, 2.75) is 11.5 Å². The van der Waals surface area contributed by atoms with Crippen molar-refractivity contribution in [2.24, 2.45) is 0 Å². The lowest BCUT2D eigenvalue weighted by Crippen LogP contribution is -2.09. The van der Waals surface area contributed by atoms with Gasteiger partial charge in [0.25, 0.3) is 0 Å². The van der Waals surface area contributed by atoms with Crippen LogP contribution in [0, 0.1) is 3.57 Å². The Bertz CT molecular complexity index is 313. The van der Waals surface area contributed by atoms with Gasteiger partial charge in [-0.1, -0.05) is 15.9 Å². The predicted molar refractivity (Wildman–Crippen MR) is 54.6 cm³/mol. The summed E-state index contributed by atoms with van der Waals surface area (Å²) in [6.07, 6.45) is -2.05. The van der Waals surface area contributed by atoms with Crippen LogP contribution in [0.15, 0.2) is 12.4 Å². The number of pyridine rings is 1. The fraction of sp³-hybridized carbons (Fsp3) is 0.286. The number of hydrogen-bond donors (Lipinski definition) is 0. The number of rotatable bonds is 1. The molecule has 0 aliphatic carbocycles. The molecule has 0 aliphatic rings. The van der Waals surface area contributed by atoms with Gasteiger partial charge in [-0.25, -0.2) is 0 Å². The van der Waals surface area contributed by atoms with Gasteiger partial charge in [0.1, 0.15) is 0 Å². The lowest BCUT2D eigenvalue weighted by Gasteiger charge is -2.10. The van der Waals surface area contributed by atoms with E-state index in [1.165, 1.54) is 6.20 Å². The largest absolute Gasteiger partial charge is 0.418 e. The van der Waals surface area contributed by atoms with Crippen molar-refractivity contribution in [3.63, 3.8) is 0 Å². The van der Waals surface area contributed by atoms with Crippen LogP contribution in [0.5, 0.6) is 0 Å². The fourth-order valence-electron chi connectivity index (χ4n) is 0.779. The van der Waals surface area contributed by atoms with Crippen LogP contribution in [0.25, 0.3) is 0 Å². The molecule has 1 rings (SSSR count). The highest BCUT2D eigenvalue weighted by Crippen LogP contribution is 2.33. The van der Waals surface area contributed by atoms with Crippen molar-refractivity contribution in [1.82, 2.24) is 4.98 Å². The van der Waals surface area contributed by atoms with Crippen LogP contribution >= 0.6 is 38.5 Å². The molecule has 1 aromatic heterocycles. The number of hydrogen-bond acceptors (Lipinski definition) is 1. The van der Waals surface area contributed by atoms with Crippen molar-refractivity contribution in [2.75, 3.05) is 0 Å². The molecule has 13 heavy (non-hydrogen) atoms. The fourth-order valence-corrected chi connectivity index (χ4v) is 2.50. The molecule has 0 fully saturated rings. The second kappa shape index (κ2) is 4.12. The molecule has 0 spiro atoms. The van der Waals surface area contributed by atoms with Gasteiger partial charge in [0.05, 0.1) is 5.56 Å². The Hall–Kier alpha value is 0.150. The van der Waals surface area contributed by atoms with Gasteiger partial charge in [-0.15, -0.1) is 0 Å². The predicted octanol–water partition coefficient (Wildman–Crippen LogP) is 3.60. The molecule has 1 aromatic rings. The van der Waals surface area contributed by atoms with Gasteiger partial charge in [-0.3, -0.25) is 4.98 Å². The summed E-state index contributed by atoms with van der Waals surface area (Å²) in [5.41, 5.74) is -0.125. The molecule has 0 unspecified atom stereocenters. The third-order valence-corrected chi connectivity index (χ3v) is 3.28. The van der Waals surface area contributed by atoms with E-state index in [0.29, 0.717) is 10.9 Å². The lowest BCUT2D eigenvalue weighted by molar-refractivity contribution is -0.138. The third-order valence-electron chi connectivity index (χ3n) is 1.40. The number of aromatic nitrogens is 1. The zero-order chi connectivity index (χ0) is 10.1. The quantitative estimate of drug-likeness (QED) is 0.547. The van der Waals surface area contributed by atoms with Crippen LogP contribution < -0.4 is 0 Å². The van der Waals surface area contributed by atoms with Crippen LogP contribution in [0.3, 0.4) is 0 Å². The van der Waals surface area contributed by atoms with E-state index in [1.807, 2.05) is 0 Å². The number of alkyl halides is 4. The summed E-state index contributed by atoms with van der Waals surface area (Å²) in [4.78, 5) is 3.53. The van der Waals surface area contributed by atoms with Gasteiger partial charge in [0.15, 0.2) is 0 Å². The van der Waals surface area contributed by atoms with Crippen molar-refractivity contribution in [3.05, 3.63) is 27.1 Å². The summed E-state index contributed by atoms with van der Waals surface area (Å²) in [5, 5.41) is 0.377. The molecule has 0 aliphatic heterocycles. The van der Waals surface area contributed by atoms with Gasteiger partial charge in [0, 0.05) is 21.3 Å². The van der Waals surface area contributed by atoms with Crippen molar-refractivity contribution >= 4 is 38.5 Å². The maximum absolute atomic E-state index is 12.3. The molecule has 0 radical (unpaired) electrons. The van der Waals surface area contributed by atoms with E-state index in [4.69, 9.17) is 0 Å². The summed E-state index contributed by atoms with van der Waals surface area (Å²) < 4.78 is 37.1. The highest BCUT2D eigenvalue weighted by Gasteiger charge is 2.33. The molecule has 0 saturated carbocycles. The van der Waals surface area contributed by atoms with E-state index in [-0.39, 0.29) is 3.57 Å². The van der Waals surface area contributed by atoms with Crippen molar-refractivity contribution in [1.29, 1.82) is 0 Å². The topological polar surface area (TPSA) is 12.9 Å². The molecule has 0 amide bonds. The molecule has 6 heteroatoms. The van der Waals surface area contributed by atoms with E-state index in [1.54, 1.807) is 22.6 Å². The van der Waals surface area contributed by atoms with Gasteiger partial charge in [-0.2, -0.15) is 13.2 Å². The molecule has 72 valence electrons. The molecule has 1 nitrogen and oxygen atoms in total. The Morgan fingerprint density at radius 1 is 1.38 bits per heavy atom. The lowest BCUT2D eigenvalue weighted by atomic mass is 10.2. The third kappa shape index (κ3) is 2.55. The molecular weight excluding hydrogens is 362 g/mol. The Morgan fingerprint density at radius 3 is 2.46 bits per heavy atom. The van der Waals surface area contributed by atoms with Crippen molar-refractivity contribution < 1.29 is 13.2 Å². The monoisotopic (exact) mass is 365 g/mol. The SMILES string of the molecule is FC(F)(F)c1cncc(CBr)c1I. The Kier molecular flexibility index (Phi) is 3.56. The van der Waals surface area contributed by atoms with Crippen LogP contribution in [-0.2, 0) is 11.5 Å². The first-order chi connectivity index (χ1) is 5.96. The molecule has 0 aromatic carbocycles.